The van der Waals surface area contributed by atoms with Gasteiger partial charge in [-0.3, -0.25) is 0 Å². The highest BCUT2D eigenvalue weighted by molar-refractivity contribution is 6.04. The molecule has 3 heteroatoms. The van der Waals surface area contributed by atoms with Crippen molar-refractivity contribution in [1.29, 1.82) is 0 Å². The van der Waals surface area contributed by atoms with Crippen LogP contribution in [0.15, 0.2) is 29.8 Å². The third-order valence-electron chi connectivity index (χ3n) is 3.09. The first kappa shape index (κ1) is 8.68. The lowest BCUT2D eigenvalue weighted by molar-refractivity contribution is -0.143. The minimum absolute atomic E-state index is 0.316. The molecule has 0 aromatic heterocycles. The van der Waals surface area contributed by atoms with E-state index in [0.717, 1.165) is 16.7 Å². The number of carbonyl (C=O) groups excluding carboxylic acids is 1. The highest BCUT2D eigenvalue weighted by atomic mass is 16.6. The van der Waals surface area contributed by atoms with Gasteiger partial charge in [0.25, 0.3) is 0 Å². The minimum atomic E-state index is -0.711. The molecule has 1 aromatic rings. The van der Waals surface area contributed by atoms with Crippen LogP contribution in [0.5, 0.6) is 0 Å². The Hall–Kier alpha value is -1.61. The fourth-order valence-corrected chi connectivity index (χ4v) is 2.33. The molecule has 1 heterocycles. The maximum absolute atomic E-state index is 11.4. The number of ether oxygens (including phenoxy) is 1. The molecule has 0 amide bonds. The number of hydrogen-bond donors (Lipinski definition) is 1. The van der Waals surface area contributed by atoms with Crippen LogP contribution in [-0.2, 0) is 9.53 Å². The molecule has 0 fully saturated rings. The van der Waals surface area contributed by atoms with Crippen LogP contribution in [-0.4, -0.2) is 17.2 Å². The quantitative estimate of drug-likeness (QED) is 0.647. The summed E-state index contributed by atoms with van der Waals surface area (Å²) < 4.78 is 5.13. The number of aliphatic hydroxyl groups is 1. The Morgan fingerprint density at radius 3 is 2.87 bits per heavy atom. The van der Waals surface area contributed by atoms with E-state index in [9.17, 15) is 9.90 Å². The smallest absolute Gasteiger partial charge is 0.334 e. The van der Waals surface area contributed by atoms with Crippen LogP contribution in [0.3, 0.4) is 0 Å². The molecular weight excluding hydrogens is 192 g/mol. The van der Waals surface area contributed by atoms with Gasteiger partial charge >= 0.3 is 5.97 Å². The first-order valence-corrected chi connectivity index (χ1v) is 4.89. The SMILES string of the molecule is CC1=C2c3ccccc3C(O)C2OC1=O. The Balaban J connectivity index is 2.28. The summed E-state index contributed by atoms with van der Waals surface area (Å²) in [7, 11) is 0. The summed E-state index contributed by atoms with van der Waals surface area (Å²) in [5.74, 6) is -0.316. The summed E-state index contributed by atoms with van der Waals surface area (Å²) in [5.41, 5.74) is 3.26. The number of carbonyl (C=O) groups is 1. The van der Waals surface area contributed by atoms with Crippen molar-refractivity contribution in [2.75, 3.05) is 0 Å². The zero-order valence-corrected chi connectivity index (χ0v) is 8.23. The number of aliphatic hydroxyl groups excluding tert-OH is 1. The van der Waals surface area contributed by atoms with Gasteiger partial charge in [-0.15, -0.1) is 0 Å². The molecular formula is C12H10O3. The maximum atomic E-state index is 11.4. The monoisotopic (exact) mass is 202 g/mol. The van der Waals surface area contributed by atoms with E-state index in [4.69, 9.17) is 4.74 Å². The van der Waals surface area contributed by atoms with Gasteiger partial charge < -0.3 is 9.84 Å². The molecule has 3 rings (SSSR count). The molecule has 2 unspecified atom stereocenters. The highest BCUT2D eigenvalue weighted by Crippen LogP contribution is 2.46. The van der Waals surface area contributed by atoms with Crippen LogP contribution >= 0.6 is 0 Å². The number of benzene rings is 1. The van der Waals surface area contributed by atoms with Crippen molar-refractivity contribution >= 4 is 11.5 Å². The van der Waals surface area contributed by atoms with Crippen LogP contribution in [0.2, 0.25) is 0 Å². The van der Waals surface area contributed by atoms with Gasteiger partial charge in [0, 0.05) is 11.1 Å². The third-order valence-corrected chi connectivity index (χ3v) is 3.09. The standard InChI is InChI=1S/C12H10O3/c1-6-9-7-4-2-3-5-8(7)10(13)11(9)15-12(6)14/h2-5,10-11,13H,1H3. The minimum Gasteiger partial charge on any atom is -0.451 e. The maximum Gasteiger partial charge on any atom is 0.334 e. The van der Waals surface area contributed by atoms with E-state index in [0.29, 0.717) is 5.57 Å². The zero-order valence-electron chi connectivity index (χ0n) is 8.23. The molecule has 2 aliphatic rings. The largest absolute Gasteiger partial charge is 0.451 e. The average Bonchev–Trinajstić information content (AvgIpc) is 2.68. The summed E-state index contributed by atoms with van der Waals surface area (Å²) in [5, 5.41) is 9.98. The van der Waals surface area contributed by atoms with Crippen molar-refractivity contribution in [3.63, 3.8) is 0 Å². The third kappa shape index (κ3) is 0.957. The molecule has 1 aromatic carbocycles. The molecule has 15 heavy (non-hydrogen) atoms. The molecule has 1 N–H and O–H groups in total. The number of hydrogen-bond acceptors (Lipinski definition) is 3. The van der Waals surface area contributed by atoms with Crippen molar-refractivity contribution < 1.29 is 14.6 Å². The second-order valence-corrected chi connectivity index (χ2v) is 3.90. The van der Waals surface area contributed by atoms with Gasteiger partial charge in [-0.2, -0.15) is 0 Å². The van der Waals surface area contributed by atoms with Crippen molar-refractivity contribution in [2.24, 2.45) is 0 Å². The predicted octanol–water partition coefficient (Wildman–Crippen LogP) is 1.43. The lowest BCUT2D eigenvalue weighted by Gasteiger charge is -2.10. The van der Waals surface area contributed by atoms with Crippen molar-refractivity contribution in [1.82, 2.24) is 0 Å². The fourth-order valence-electron chi connectivity index (χ4n) is 2.33. The van der Waals surface area contributed by atoms with Crippen LogP contribution in [0, 0.1) is 0 Å². The zero-order chi connectivity index (χ0) is 10.6. The first-order chi connectivity index (χ1) is 7.20. The lowest BCUT2D eigenvalue weighted by Crippen LogP contribution is -2.15. The molecule has 1 aliphatic carbocycles. The Morgan fingerprint density at radius 1 is 1.33 bits per heavy atom. The molecule has 0 bridgehead atoms. The molecule has 0 spiro atoms. The van der Waals surface area contributed by atoms with Gasteiger partial charge in [0.2, 0.25) is 0 Å². The summed E-state index contributed by atoms with van der Waals surface area (Å²) in [4.78, 5) is 11.4. The van der Waals surface area contributed by atoms with E-state index in [2.05, 4.69) is 0 Å². The molecule has 1 aliphatic heterocycles. The van der Waals surface area contributed by atoms with E-state index in [1.54, 1.807) is 6.92 Å². The summed E-state index contributed by atoms with van der Waals surface area (Å²) in [6.45, 7) is 1.74. The van der Waals surface area contributed by atoms with E-state index < -0.39 is 12.2 Å². The van der Waals surface area contributed by atoms with Gasteiger partial charge in [0.1, 0.15) is 6.10 Å². The van der Waals surface area contributed by atoms with Crippen LogP contribution < -0.4 is 0 Å². The van der Waals surface area contributed by atoms with E-state index in [1.807, 2.05) is 24.3 Å². The van der Waals surface area contributed by atoms with Crippen LogP contribution in [0.4, 0.5) is 0 Å². The molecule has 76 valence electrons. The van der Waals surface area contributed by atoms with Gasteiger partial charge in [-0.25, -0.2) is 4.79 Å². The van der Waals surface area contributed by atoms with E-state index in [-0.39, 0.29) is 5.97 Å². The average molecular weight is 202 g/mol. The van der Waals surface area contributed by atoms with Crippen molar-refractivity contribution in [2.45, 2.75) is 19.1 Å². The lowest BCUT2D eigenvalue weighted by atomic mass is 10.0. The summed E-state index contributed by atoms with van der Waals surface area (Å²) >= 11 is 0. The molecule has 2 atom stereocenters. The summed E-state index contributed by atoms with van der Waals surface area (Å²) in [6.07, 6.45) is -1.20. The first-order valence-electron chi connectivity index (χ1n) is 4.89. The van der Waals surface area contributed by atoms with Crippen LogP contribution in [0.25, 0.3) is 5.57 Å². The highest BCUT2D eigenvalue weighted by Gasteiger charge is 2.44. The van der Waals surface area contributed by atoms with E-state index >= 15 is 0 Å². The second-order valence-electron chi connectivity index (χ2n) is 3.90. The Kier molecular flexibility index (Phi) is 1.56. The Bertz CT molecular complexity index is 487. The van der Waals surface area contributed by atoms with Crippen LogP contribution in [0.1, 0.15) is 24.2 Å². The van der Waals surface area contributed by atoms with Crippen molar-refractivity contribution in [3.8, 4) is 0 Å². The predicted molar refractivity (Wildman–Crippen MR) is 53.9 cm³/mol. The topological polar surface area (TPSA) is 46.5 Å². The van der Waals surface area contributed by atoms with Gasteiger partial charge in [-0.05, 0) is 18.1 Å². The van der Waals surface area contributed by atoms with E-state index in [1.165, 1.54) is 0 Å². The van der Waals surface area contributed by atoms with Gasteiger partial charge in [0.15, 0.2) is 6.10 Å². The Labute approximate surface area is 87.0 Å². The fraction of sp³-hybridized carbons (Fsp3) is 0.250. The number of rotatable bonds is 0. The number of esters is 1. The molecule has 0 saturated heterocycles. The Morgan fingerprint density at radius 2 is 2.07 bits per heavy atom. The number of fused-ring (bicyclic) bond motifs is 3. The van der Waals surface area contributed by atoms with Gasteiger partial charge in [-0.1, -0.05) is 24.3 Å². The second kappa shape index (κ2) is 2.70. The summed E-state index contributed by atoms with van der Waals surface area (Å²) in [6, 6.07) is 7.56. The van der Waals surface area contributed by atoms with Crippen molar-refractivity contribution in [3.05, 3.63) is 41.0 Å². The molecule has 0 radical (unpaired) electrons. The molecule has 0 saturated carbocycles. The van der Waals surface area contributed by atoms with Gasteiger partial charge in [0.05, 0.1) is 0 Å². The normalized spacial score (nSPS) is 27.7. The molecule has 3 nitrogen and oxygen atoms in total.